The molecule has 142 valence electrons. The van der Waals surface area contributed by atoms with E-state index in [1.807, 2.05) is 0 Å². The Morgan fingerprint density at radius 3 is 2.76 bits per heavy atom. The van der Waals surface area contributed by atoms with E-state index in [2.05, 4.69) is 29.3 Å². The van der Waals surface area contributed by atoms with Crippen molar-refractivity contribution in [3.05, 3.63) is 11.7 Å². The Labute approximate surface area is 149 Å². The Morgan fingerprint density at radius 2 is 2.08 bits per heavy atom. The number of hydrogen-bond donors (Lipinski definition) is 3. The third-order valence-corrected chi connectivity index (χ3v) is 4.95. The van der Waals surface area contributed by atoms with Crippen LogP contribution in [0.3, 0.4) is 0 Å². The van der Waals surface area contributed by atoms with Crippen molar-refractivity contribution in [1.82, 2.24) is 20.9 Å². The molecule has 3 N–H and O–H groups in total. The summed E-state index contributed by atoms with van der Waals surface area (Å²) in [5.41, 5.74) is 1.71. The Balaban J connectivity index is 1.89. The first kappa shape index (κ1) is 19.8. The summed E-state index contributed by atoms with van der Waals surface area (Å²) in [5, 5.41) is 16.1. The molecule has 1 aromatic heterocycles. The summed E-state index contributed by atoms with van der Waals surface area (Å²) in [6, 6.07) is 0.341. The van der Waals surface area contributed by atoms with Crippen LogP contribution in [0.2, 0.25) is 0 Å². The molecule has 1 aliphatic rings. The largest absolute Gasteiger partial charge is 0.339 e. The second kappa shape index (κ2) is 10.5. The number of aromatic nitrogens is 2. The van der Waals surface area contributed by atoms with Crippen molar-refractivity contribution in [2.75, 3.05) is 0 Å². The zero-order valence-electron chi connectivity index (χ0n) is 15.5. The minimum Gasteiger partial charge on any atom is -0.339 e. The topological polar surface area (TPSA) is 100 Å². The number of hydroxylamine groups is 1. The summed E-state index contributed by atoms with van der Waals surface area (Å²) in [4.78, 5) is 16.1. The molecule has 0 unspecified atom stereocenters. The maximum atomic E-state index is 11.6. The molecule has 7 heteroatoms. The number of carbonyl (C=O) groups excluding carboxylic acids is 1. The normalized spacial score (nSPS) is 17.0. The minimum atomic E-state index is -0.414. The second-order valence-electron chi connectivity index (χ2n) is 7.46. The van der Waals surface area contributed by atoms with Gasteiger partial charge in [0, 0.05) is 18.4 Å². The second-order valence-corrected chi connectivity index (χ2v) is 7.46. The highest BCUT2D eigenvalue weighted by Gasteiger charge is 2.23. The van der Waals surface area contributed by atoms with Crippen LogP contribution in [-0.2, 0) is 11.3 Å². The van der Waals surface area contributed by atoms with Crippen molar-refractivity contribution in [3.63, 3.8) is 0 Å². The van der Waals surface area contributed by atoms with Crippen LogP contribution in [-0.4, -0.2) is 27.3 Å². The van der Waals surface area contributed by atoms with Crippen molar-refractivity contribution in [3.8, 4) is 0 Å². The van der Waals surface area contributed by atoms with Crippen LogP contribution >= 0.6 is 0 Å². The van der Waals surface area contributed by atoms with Crippen LogP contribution in [0.5, 0.6) is 0 Å². The van der Waals surface area contributed by atoms with Gasteiger partial charge in [0.15, 0.2) is 5.82 Å². The smallest absolute Gasteiger partial charge is 0.244 e. The minimum absolute atomic E-state index is 0.143. The molecule has 0 bridgehead atoms. The standard InChI is InChI=1S/C18H32N4O3/c1-13(2)19-12-16-20-18(25-22-16)15(11-17(23)21-24)10-6-9-14-7-4-3-5-8-14/h13-15,19,24H,3-12H2,1-2H3,(H,21,23)/t15-/m1/s1. The van der Waals surface area contributed by atoms with Crippen LogP contribution in [0, 0.1) is 5.92 Å². The first-order valence-electron chi connectivity index (χ1n) is 9.57. The van der Waals surface area contributed by atoms with Gasteiger partial charge in [-0.25, -0.2) is 5.48 Å². The fraction of sp³-hybridized carbons (Fsp3) is 0.833. The predicted molar refractivity (Wildman–Crippen MR) is 94.0 cm³/mol. The highest BCUT2D eigenvalue weighted by Crippen LogP contribution is 2.31. The van der Waals surface area contributed by atoms with Gasteiger partial charge in [0.2, 0.25) is 11.8 Å². The third kappa shape index (κ3) is 7.12. The molecule has 25 heavy (non-hydrogen) atoms. The van der Waals surface area contributed by atoms with Gasteiger partial charge < -0.3 is 9.84 Å². The Bertz CT molecular complexity index is 512. The monoisotopic (exact) mass is 352 g/mol. The fourth-order valence-electron chi connectivity index (χ4n) is 3.51. The van der Waals surface area contributed by atoms with E-state index in [-0.39, 0.29) is 12.3 Å². The van der Waals surface area contributed by atoms with Crippen LogP contribution in [0.1, 0.15) is 89.3 Å². The summed E-state index contributed by atoms with van der Waals surface area (Å²) < 4.78 is 5.38. The summed E-state index contributed by atoms with van der Waals surface area (Å²) >= 11 is 0. The number of nitrogens with zero attached hydrogens (tertiary/aromatic N) is 2. The van der Waals surface area contributed by atoms with Crippen LogP contribution in [0.25, 0.3) is 0 Å². The van der Waals surface area contributed by atoms with Crippen molar-refractivity contribution in [1.29, 1.82) is 0 Å². The highest BCUT2D eigenvalue weighted by molar-refractivity contribution is 5.75. The molecule has 1 fully saturated rings. The lowest BCUT2D eigenvalue weighted by Gasteiger charge is -2.22. The van der Waals surface area contributed by atoms with E-state index in [1.165, 1.54) is 38.5 Å². The molecule has 7 nitrogen and oxygen atoms in total. The van der Waals surface area contributed by atoms with Gasteiger partial charge in [-0.1, -0.05) is 63.9 Å². The molecule has 1 saturated carbocycles. The van der Waals surface area contributed by atoms with Crippen molar-refractivity contribution >= 4 is 5.91 Å². The molecule has 0 aliphatic heterocycles. The Kier molecular flexibility index (Phi) is 8.34. The van der Waals surface area contributed by atoms with E-state index in [0.717, 1.165) is 18.8 Å². The van der Waals surface area contributed by atoms with E-state index in [4.69, 9.17) is 9.73 Å². The highest BCUT2D eigenvalue weighted by atomic mass is 16.5. The maximum Gasteiger partial charge on any atom is 0.244 e. The van der Waals surface area contributed by atoms with Crippen molar-refractivity contribution in [2.24, 2.45) is 5.92 Å². The number of rotatable bonds is 10. The number of carbonyl (C=O) groups is 1. The van der Waals surface area contributed by atoms with E-state index in [9.17, 15) is 4.79 Å². The van der Waals surface area contributed by atoms with Crippen molar-refractivity contribution in [2.45, 2.75) is 90.1 Å². The zero-order valence-corrected chi connectivity index (χ0v) is 15.5. The average molecular weight is 352 g/mol. The lowest BCUT2D eigenvalue weighted by Crippen LogP contribution is -2.23. The summed E-state index contributed by atoms with van der Waals surface area (Å²) in [5.74, 6) is 1.35. The molecule has 0 radical (unpaired) electrons. The van der Waals surface area contributed by atoms with E-state index < -0.39 is 5.91 Å². The zero-order chi connectivity index (χ0) is 18.1. The first-order valence-corrected chi connectivity index (χ1v) is 9.57. The van der Waals surface area contributed by atoms with Gasteiger partial charge >= 0.3 is 0 Å². The number of amides is 1. The lowest BCUT2D eigenvalue weighted by atomic mass is 9.84. The number of nitrogens with one attached hydrogen (secondary N) is 2. The first-order chi connectivity index (χ1) is 12.1. The fourth-order valence-corrected chi connectivity index (χ4v) is 3.51. The molecule has 0 spiro atoms. The quantitative estimate of drug-likeness (QED) is 0.441. The van der Waals surface area contributed by atoms with E-state index >= 15 is 0 Å². The molecule has 0 aromatic carbocycles. The molecule has 1 amide bonds. The summed E-state index contributed by atoms with van der Waals surface area (Å²) in [6.45, 7) is 4.66. The SMILES string of the molecule is CC(C)NCc1noc([C@H](CCCC2CCCCC2)CC(=O)NO)n1. The van der Waals surface area contributed by atoms with Crippen LogP contribution in [0.15, 0.2) is 4.52 Å². The molecule has 1 heterocycles. The lowest BCUT2D eigenvalue weighted by molar-refractivity contribution is -0.129. The summed E-state index contributed by atoms with van der Waals surface area (Å²) in [6.07, 6.45) is 9.92. The van der Waals surface area contributed by atoms with Gasteiger partial charge in [0.1, 0.15) is 0 Å². The predicted octanol–water partition coefficient (Wildman–Crippen LogP) is 3.30. The van der Waals surface area contributed by atoms with Gasteiger partial charge in [-0.15, -0.1) is 0 Å². The van der Waals surface area contributed by atoms with Gasteiger partial charge in [-0.3, -0.25) is 10.0 Å². The van der Waals surface area contributed by atoms with E-state index in [1.54, 1.807) is 5.48 Å². The third-order valence-electron chi connectivity index (χ3n) is 4.95. The van der Waals surface area contributed by atoms with Gasteiger partial charge in [-0.2, -0.15) is 4.98 Å². The molecule has 2 rings (SSSR count). The molecule has 1 aromatic rings. The number of hydrogen-bond acceptors (Lipinski definition) is 6. The molecular weight excluding hydrogens is 320 g/mol. The maximum absolute atomic E-state index is 11.6. The molecule has 0 saturated heterocycles. The Hall–Kier alpha value is -1.47. The van der Waals surface area contributed by atoms with Crippen LogP contribution in [0.4, 0.5) is 0 Å². The van der Waals surface area contributed by atoms with Gasteiger partial charge in [0.25, 0.3) is 0 Å². The van der Waals surface area contributed by atoms with Crippen LogP contribution < -0.4 is 10.8 Å². The van der Waals surface area contributed by atoms with Crippen molar-refractivity contribution < 1.29 is 14.5 Å². The average Bonchev–Trinajstić information content (AvgIpc) is 3.08. The van der Waals surface area contributed by atoms with E-state index in [0.29, 0.717) is 24.3 Å². The Morgan fingerprint density at radius 1 is 1.32 bits per heavy atom. The molecule has 1 aliphatic carbocycles. The molecular formula is C18H32N4O3. The van der Waals surface area contributed by atoms with Gasteiger partial charge in [0.05, 0.1) is 6.54 Å². The summed E-state index contributed by atoms with van der Waals surface area (Å²) in [7, 11) is 0. The molecule has 1 atom stereocenters. The van der Waals surface area contributed by atoms with Gasteiger partial charge in [-0.05, 0) is 12.3 Å².